The van der Waals surface area contributed by atoms with Crippen LogP contribution < -0.4 is 5.32 Å². The average molecular weight is 248 g/mol. The smallest absolute Gasteiger partial charge is 0.0593 e. The minimum atomic E-state index is 0.804. The molecule has 1 aliphatic rings. The summed E-state index contributed by atoms with van der Waals surface area (Å²) < 4.78 is 5.40. The van der Waals surface area contributed by atoms with Crippen LogP contribution in [0.25, 0.3) is 0 Å². The van der Waals surface area contributed by atoms with Crippen LogP contribution in [0.15, 0.2) is 18.2 Å². The summed E-state index contributed by atoms with van der Waals surface area (Å²) in [5, 5.41) is 3.49. The highest BCUT2D eigenvalue weighted by atomic mass is 16.5. The summed E-state index contributed by atoms with van der Waals surface area (Å²) in [5.41, 5.74) is 4.29. The molecule has 1 N–H and O–H groups in total. The van der Waals surface area contributed by atoms with Gasteiger partial charge in [-0.3, -0.25) is 4.90 Å². The van der Waals surface area contributed by atoms with Crippen LogP contribution in [-0.2, 0) is 17.7 Å². The Balaban J connectivity index is 1.96. The molecule has 2 rings (SSSR count). The number of likely N-dealkylation sites (N-methyl/N-ethyl adjacent to an activating group) is 1. The van der Waals surface area contributed by atoms with Crippen molar-refractivity contribution in [1.29, 1.82) is 0 Å². The van der Waals surface area contributed by atoms with Crippen LogP contribution in [0, 0.1) is 0 Å². The molecular weight excluding hydrogens is 224 g/mol. The zero-order valence-corrected chi connectivity index (χ0v) is 11.5. The Bertz CT molecular complexity index is 379. The summed E-state index contributed by atoms with van der Waals surface area (Å²) in [4.78, 5) is 2.33. The standard InChI is InChI=1S/C15H24N2O/c1-3-18-11-10-17(2)12-13-6-4-8-15-14(13)7-5-9-16-15/h4,6,8,16H,3,5,7,9-12H2,1-2H3. The maximum Gasteiger partial charge on any atom is 0.0593 e. The minimum absolute atomic E-state index is 0.804. The summed E-state index contributed by atoms with van der Waals surface area (Å²) >= 11 is 0. The molecule has 1 aromatic carbocycles. The average Bonchev–Trinajstić information content (AvgIpc) is 2.39. The van der Waals surface area contributed by atoms with Gasteiger partial charge in [-0.2, -0.15) is 0 Å². The number of benzene rings is 1. The molecule has 0 unspecified atom stereocenters. The van der Waals surface area contributed by atoms with Gasteiger partial charge in [0.25, 0.3) is 0 Å². The van der Waals surface area contributed by atoms with E-state index in [9.17, 15) is 0 Å². The Morgan fingerprint density at radius 3 is 3.11 bits per heavy atom. The van der Waals surface area contributed by atoms with Crippen molar-refractivity contribution < 1.29 is 4.74 Å². The van der Waals surface area contributed by atoms with Crippen molar-refractivity contribution in [2.75, 3.05) is 38.7 Å². The van der Waals surface area contributed by atoms with Gasteiger partial charge in [0.2, 0.25) is 0 Å². The highest BCUT2D eigenvalue weighted by molar-refractivity contribution is 5.56. The van der Waals surface area contributed by atoms with E-state index in [2.05, 4.69) is 35.5 Å². The van der Waals surface area contributed by atoms with E-state index in [0.29, 0.717) is 0 Å². The predicted octanol–water partition coefficient (Wildman–Crippen LogP) is 2.51. The van der Waals surface area contributed by atoms with Crippen molar-refractivity contribution in [1.82, 2.24) is 4.90 Å². The molecule has 0 saturated carbocycles. The van der Waals surface area contributed by atoms with E-state index in [1.807, 2.05) is 6.92 Å². The minimum Gasteiger partial charge on any atom is -0.385 e. The monoisotopic (exact) mass is 248 g/mol. The highest BCUT2D eigenvalue weighted by Crippen LogP contribution is 2.25. The molecule has 0 atom stereocenters. The van der Waals surface area contributed by atoms with Crippen LogP contribution in [0.5, 0.6) is 0 Å². The number of hydrogen-bond donors (Lipinski definition) is 1. The van der Waals surface area contributed by atoms with E-state index in [0.717, 1.165) is 32.8 Å². The molecule has 1 heterocycles. The number of anilines is 1. The van der Waals surface area contributed by atoms with Crippen LogP contribution in [0.4, 0.5) is 5.69 Å². The lowest BCUT2D eigenvalue weighted by Crippen LogP contribution is -2.24. The molecule has 1 aliphatic heterocycles. The van der Waals surface area contributed by atoms with E-state index >= 15 is 0 Å². The molecule has 100 valence electrons. The fourth-order valence-electron chi connectivity index (χ4n) is 2.47. The molecule has 3 nitrogen and oxygen atoms in total. The Hall–Kier alpha value is -1.06. The Kier molecular flexibility index (Phi) is 5.02. The maximum absolute atomic E-state index is 5.40. The second-order valence-electron chi connectivity index (χ2n) is 4.91. The molecular formula is C15H24N2O. The molecule has 0 amide bonds. The van der Waals surface area contributed by atoms with Crippen LogP contribution in [0.1, 0.15) is 24.5 Å². The van der Waals surface area contributed by atoms with Gasteiger partial charge in [0, 0.05) is 31.9 Å². The van der Waals surface area contributed by atoms with Crippen molar-refractivity contribution in [3.05, 3.63) is 29.3 Å². The third-order valence-corrected chi connectivity index (χ3v) is 3.45. The highest BCUT2D eigenvalue weighted by Gasteiger charge is 2.13. The van der Waals surface area contributed by atoms with Gasteiger partial charge in [-0.05, 0) is 44.0 Å². The summed E-state index contributed by atoms with van der Waals surface area (Å²) in [6.45, 7) is 6.78. The zero-order chi connectivity index (χ0) is 12.8. The van der Waals surface area contributed by atoms with E-state index in [4.69, 9.17) is 4.74 Å². The number of hydrogen-bond acceptors (Lipinski definition) is 3. The van der Waals surface area contributed by atoms with E-state index in [-0.39, 0.29) is 0 Å². The number of ether oxygens (including phenoxy) is 1. The van der Waals surface area contributed by atoms with Gasteiger partial charge >= 0.3 is 0 Å². The normalized spacial score (nSPS) is 14.4. The summed E-state index contributed by atoms with van der Waals surface area (Å²) in [6.07, 6.45) is 2.45. The molecule has 0 aliphatic carbocycles. The largest absolute Gasteiger partial charge is 0.385 e. The first kappa shape index (κ1) is 13.4. The van der Waals surface area contributed by atoms with Crippen molar-refractivity contribution in [3.63, 3.8) is 0 Å². The maximum atomic E-state index is 5.40. The summed E-state index contributed by atoms with van der Waals surface area (Å²) in [7, 11) is 2.16. The van der Waals surface area contributed by atoms with Crippen LogP contribution in [0.2, 0.25) is 0 Å². The Labute approximate surface area is 110 Å². The van der Waals surface area contributed by atoms with Crippen molar-refractivity contribution in [3.8, 4) is 0 Å². The molecule has 1 aromatic rings. The lowest BCUT2D eigenvalue weighted by Gasteiger charge is -2.24. The fraction of sp³-hybridized carbons (Fsp3) is 0.600. The molecule has 0 aromatic heterocycles. The van der Waals surface area contributed by atoms with E-state index in [1.54, 1.807) is 0 Å². The van der Waals surface area contributed by atoms with Gasteiger partial charge in [0.15, 0.2) is 0 Å². The number of nitrogens with one attached hydrogen (secondary N) is 1. The predicted molar refractivity (Wildman–Crippen MR) is 76.1 cm³/mol. The van der Waals surface area contributed by atoms with Crippen LogP contribution in [-0.4, -0.2) is 38.3 Å². The third-order valence-electron chi connectivity index (χ3n) is 3.45. The summed E-state index contributed by atoms with van der Waals surface area (Å²) in [6, 6.07) is 6.60. The summed E-state index contributed by atoms with van der Waals surface area (Å²) in [5.74, 6) is 0. The van der Waals surface area contributed by atoms with Crippen molar-refractivity contribution >= 4 is 5.69 Å². The first-order chi connectivity index (χ1) is 8.81. The molecule has 0 bridgehead atoms. The molecule has 0 spiro atoms. The van der Waals surface area contributed by atoms with E-state index < -0.39 is 0 Å². The second-order valence-corrected chi connectivity index (χ2v) is 4.91. The van der Waals surface area contributed by atoms with Crippen molar-refractivity contribution in [2.24, 2.45) is 0 Å². The fourth-order valence-corrected chi connectivity index (χ4v) is 2.47. The van der Waals surface area contributed by atoms with Gasteiger partial charge < -0.3 is 10.1 Å². The van der Waals surface area contributed by atoms with Gasteiger partial charge in [-0.15, -0.1) is 0 Å². The zero-order valence-electron chi connectivity index (χ0n) is 11.5. The van der Waals surface area contributed by atoms with Gasteiger partial charge in [0.05, 0.1) is 6.61 Å². The van der Waals surface area contributed by atoms with Gasteiger partial charge in [-0.25, -0.2) is 0 Å². The molecule has 3 heteroatoms. The Morgan fingerprint density at radius 2 is 2.28 bits per heavy atom. The lowest BCUT2D eigenvalue weighted by molar-refractivity contribution is 0.120. The SMILES string of the molecule is CCOCCN(C)Cc1cccc2c1CCCN2. The number of fused-ring (bicyclic) bond motifs is 1. The quantitative estimate of drug-likeness (QED) is 0.783. The molecule has 18 heavy (non-hydrogen) atoms. The Morgan fingerprint density at radius 1 is 1.39 bits per heavy atom. The second kappa shape index (κ2) is 6.76. The topological polar surface area (TPSA) is 24.5 Å². The lowest BCUT2D eigenvalue weighted by atomic mass is 9.97. The molecule has 0 fully saturated rings. The van der Waals surface area contributed by atoms with Crippen LogP contribution >= 0.6 is 0 Å². The first-order valence-corrected chi connectivity index (χ1v) is 6.92. The molecule has 0 radical (unpaired) electrons. The molecule has 0 saturated heterocycles. The first-order valence-electron chi connectivity index (χ1n) is 6.92. The van der Waals surface area contributed by atoms with Crippen LogP contribution in [0.3, 0.4) is 0 Å². The number of nitrogens with zero attached hydrogens (tertiary/aromatic N) is 1. The van der Waals surface area contributed by atoms with Crippen molar-refractivity contribution in [2.45, 2.75) is 26.3 Å². The third kappa shape index (κ3) is 3.47. The van der Waals surface area contributed by atoms with Gasteiger partial charge in [0.1, 0.15) is 0 Å². The van der Waals surface area contributed by atoms with Gasteiger partial charge in [-0.1, -0.05) is 12.1 Å². The number of rotatable bonds is 6. The van der Waals surface area contributed by atoms with E-state index in [1.165, 1.54) is 29.7 Å².